The molecular weight excluding hydrogens is 274 g/mol. The molecule has 4 nitrogen and oxygen atoms in total. The zero-order valence-electron chi connectivity index (χ0n) is 13.9. The van der Waals surface area contributed by atoms with Gasteiger partial charge in [-0.25, -0.2) is 0 Å². The number of likely N-dealkylation sites (tertiary alicyclic amines) is 1. The van der Waals surface area contributed by atoms with Crippen LogP contribution in [0.2, 0.25) is 0 Å². The predicted octanol–water partition coefficient (Wildman–Crippen LogP) is 2.73. The summed E-state index contributed by atoms with van der Waals surface area (Å²) < 4.78 is 0. The number of rotatable bonds is 2. The van der Waals surface area contributed by atoms with Gasteiger partial charge in [-0.15, -0.1) is 0 Å². The highest BCUT2D eigenvalue weighted by Crippen LogP contribution is 2.47. The van der Waals surface area contributed by atoms with Crippen LogP contribution >= 0.6 is 0 Å². The van der Waals surface area contributed by atoms with Gasteiger partial charge in [-0.1, -0.05) is 19.8 Å². The first kappa shape index (κ1) is 14.7. The molecule has 0 unspecified atom stereocenters. The lowest BCUT2D eigenvalue weighted by Crippen LogP contribution is -2.69. The Kier molecular flexibility index (Phi) is 3.55. The van der Waals surface area contributed by atoms with Crippen LogP contribution in [-0.4, -0.2) is 41.8 Å². The topological polar surface area (TPSA) is 44.7 Å². The molecule has 1 spiro atoms. The van der Waals surface area contributed by atoms with Crippen LogP contribution in [0.4, 0.5) is 0 Å². The smallest absolute Gasteiger partial charge is 0.235 e. The fourth-order valence-electron chi connectivity index (χ4n) is 5.35. The minimum atomic E-state index is -0.293. The Balaban J connectivity index is 1.71. The summed E-state index contributed by atoms with van der Waals surface area (Å²) in [4.78, 5) is 21.0. The van der Waals surface area contributed by atoms with Crippen molar-refractivity contribution in [3.05, 3.63) is 0 Å². The summed E-state index contributed by atoms with van der Waals surface area (Å²) in [7, 11) is 0. The monoisotopic (exact) mass is 303 g/mol. The second kappa shape index (κ2) is 5.33. The summed E-state index contributed by atoms with van der Waals surface area (Å²) >= 11 is 0. The predicted molar refractivity (Wildman–Crippen MR) is 87.9 cm³/mol. The van der Waals surface area contributed by atoms with Gasteiger partial charge in [0.1, 0.15) is 5.66 Å². The van der Waals surface area contributed by atoms with Gasteiger partial charge in [0, 0.05) is 24.7 Å². The number of piperidine rings is 1. The quantitative estimate of drug-likeness (QED) is 0.852. The van der Waals surface area contributed by atoms with Crippen molar-refractivity contribution in [3.8, 4) is 0 Å². The van der Waals surface area contributed by atoms with Gasteiger partial charge in [0.05, 0.1) is 5.41 Å². The Morgan fingerprint density at radius 1 is 1.23 bits per heavy atom. The zero-order valence-corrected chi connectivity index (χ0v) is 13.9. The van der Waals surface area contributed by atoms with Crippen molar-refractivity contribution >= 4 is 11.6 Å². The Bertz CT molecular complexity index is 495. The molecule has 4 heteroatoms. The lowest BCUT2D eigenvalue weighted by atomic mass is 9.62. The first-order chi connectivity index (χ1) is 10.7. The molecule has 1 saturated heterocycles. The van der Waals surface area contributed by atoms with Crippen LogP contribution < -0.4 is 5.32 Å². The normalized spacial score (nSPS) is 37.4. The molecule has 22 heavy (non-hydrogen) atoms. The molecule has 3 fully saturated rings. The minimum Gasteiger partial charge on any atom is -0.331 e. The molecule has 2 saturated carbocycles. The van der Waals surface area contributed by atoms with Gasteiger partial charge in [-0.3, -0.25) is 9.79 Å². The lowest BCUT2D eigenvalue weighted by molar-refractivity contribution is -0.134. The van der Waals surface area contributed by atoms with Crippen LogP contribution in [-0.2, 0) is 4.79 Å². The molecule has 2 aliphatic carbocycles. The van der Waals surface area contributed by atoms with Crippen molar-refractivity contribution in [2.24, 2.45) is 16.3 Å². The van der Waals surface area contributed by atoms with Gasteiger partial charge >= 0.3 is 0 Å². The summed E-state index contributed by atoms with van der Waals surface area (Å²) in [6.45, 7) is 5.37. The molecule has 122 valence electrons. The molecule has 2 atom stereocenters. The second-order valence-corrected chi connectivity index (χ2v) is 7.95. The van der Waals surface area contributed by atoms with E-state index in [1.807, 2.05) is 0 Å². The summed E-state index contributed by atoms with van der Waals surface area (Å²) in [6, 6.07) is 0. The third-order valence-electron chi connectivity index (χ3n) is 6.34. The number of nitrogens with one attached hydrogen (secondary N) is 1. The highest BCUT2D eigenvalue weighted by Gasteiger charge is 2.57. The second-order valence-electron chi connectivity index (χ2n) is 7.95. The largest absolute Gasteiger partial charge is 0.331 e. The number of carbonyl (C=O) groups is 1. The number of nitrogens with zero attached hydrogens (tertiary/aromatic N) is 2. The van der Waals surface area contributed by atoms with E-state index < -0.39 is 0 Å². The maximum atomic E-state index is 13.2. The molecule has 1 N–H and O–H groups in total. The highest BCUT2D eigenvalue weighted by atomic mass is 16.2. The fourth-order valence-corrected chi connectivity index (χ4v) is 5.35. The molecule has 2 aliphatic heterocycles. The third kappa shape index (κ3) is 2.14. The molecule has 0 aromatic carbocycles. The summed E-state index contributed by atoms with van der Waals surface area (Å²) in [5.74, 6) is 0.823. The zero-order chi connectivity index (χ0) is 15.2. The SMILES string of the molecule is CCCN1C[C@H]2CCC[C@]3(C1)C(=O)NC1(CCCCC1)N=C23. The Morgan fingerprint density at radius 2 is 2.05 bits per heavy atom. The van der Waals surface area contributed by atoms with Gasteiger partial charge in [0.25, 0.3) is 0 Å². The van der Waals surface area contributed by atoms with E-state index >= 15 is 0 Å². The highest BCUT2D eigenvalue weighted by molar-refractivity contribution is 6.12. The van der Waals surface area contributed by atoms with E-state index in [1.54, 1.807) is 0 Å². The molecule has 4 rings (SSSR count). The van der Waals surface area contributed by atoms with E-state index in [4.69, 9.17) is 4.99 Å². The van der Waals surface area contributed by atoms with E-state index in [0.717, 1.165) is 38.9 Å². The third-order valence-corrected chi connectivity index (χ3v) is 6.34. The van der Waals surface area contributed by atoms with E-state index in [-0.39, 0.29) is 11.1 Å². The van der Waals surface area contributed by atoms with Crippen LogP contribution in [0.1, 0.15) is 64.7 Å². The van der Waals surface area contributed by atoms with E-state index in [1.165, 1.54) is 44.2 Å². The van der Waals surface area contributed by atoms with E-state index in [0.29, 0.717) is 11.8 Å². The number of hydrogen-bond acceptors (Lipinski definition) is 3. The van der Waals surface area contributed by atoms with Gasteiger partial charge in [0.2, 0.25) is 5.91 Å². The lowest BCUT2D eigenvalue weighted by Gasteiger charge is -2.54. The molecule has 0 aromatic heterocycles. The molecule has 2 bridgehead atoms. The van der Waals surface area contributed by atoms with Crippen molar-refractivity contribution in [1.29, 1.82) is 0 Å². The number of hydrogen-bond donors (Lipinski definition) is 1. The fraction of sp³-hybridized carbons (Fsp3) is 0.889. The summed E-state index contributed by atoms with van der Waals surface area (Å²) in [5.41, 5.74) is 0.757. The maximum absolute atomic E-state index is 13.2. The van der Waals surface area contributed by atoms with Crippen LogP contribution in [0.25, 0.3) is 0 Å². The van der Waals surface area contributed by atoms with Crippen molar-refractivity contribution in [2.45, 2.75) is 70.4 Å². The Hall–Kier alpha value is -0.900. The molecule has 2 heterocycles. The van der Waals surface area contributed by atoms with Crippen LogP contribution in [0, 0.1) is 11.3 Å². The average molecular weight is 303 g/mol. The standard InChI is InChI=1S/C18H29N3O/c1-2-11-21-12-14-7-6-8-17(13-21)15(14)19-18(20-16(17)22)9-4-3-5-10-18/h14H,2-13H2,1H3,(H,20,22)/t14-,17-/m1/s1. The molecule has 4 aliphatic rings. The first-order valence-corrected chi connectivity index (χ1v) is 9.33. The molecule has 0 radical (unpaired) electrons. The summed E-state index contributed by atoms with van der Waals surface area (Å²) in [6.07, 6.45) is 10.4. The van der Waals surface area contributed by atoms with Gasteiger partial charge in [0.15, 0.2) is 0 Å². The van der Waals surface area contributed by atoms with Crippen molar-refractivity contribution in [2.75, 3.05) is 19.6 Å². The van der Waals surface area contributed by atoms with Crippen molar-refractivity contribution in [3.63, 3.8) is 0 Å². The van der Waals surface area contributed by atoms with Gasteiger partial charge in [-0.05, 0) is 51.5 Å². The van der Waals surface area contributed by atoms with Crippen LogP contribution in [0.15, 0.2) is 4.99 Å². The minimum absolute atomic E-state index is 0.239. The van der Waals surface area contributed by atoms with Crippen molar-refractivity contribution in [1.82, 2.24) is 10.2 Å². The number of amides is 1. The Labute approximate surface area is 133 Å². The van der Waals surface area contributed by atoms with Crippen molar-refractivity contribution < 1.29 is 4.79 Å². The maximum Gasteiger partial charge on any atom is 0.235 e. The molecular formula is C18H29N3O. The Morgan fingerprint density at radius 3 is 2.82 bits per heavy atom. The molecule has 1 amide bonds. The van der Waals surface area contributed by atoms with Crippen LogP contribution in [0.3, 0.4) is 0 Å². The first-order valence-electron chi connectivity index (χ1n) is 9.33. The van der Waals surface area contributed by atoms with Gasteiger partial charge in [-0.2, -0.15) is 0 Å². The number of aliphatic imine (C=N–C) groups is 1. The van der Waals surface area contributed by atoms with Gasteiger partial charge < -0.3 is 10.2 Å². The molecule has 0 aromatic rings. The van der Waals surface area contributed by atoms with E-state index in [9.17, 15) is 4.79 Å². The average Bonchev–Trinajstić information content (AvgIpc) is 2.48. The van der Waals surface area contributed by atoms with Crippen LogP contribution in [0.5, 0.6) is 0 Å². The number of carbonyl (C=O) groups excluding carboxylic acids is 1. The van der Waals surface area contributed by atoms with E-state index in [2.05, 4.69) is 17.1 Å². The summed E-state index contributed by atoms with van der Waals surface area (Å²) in [5, 5.41) is 3.39.